The Morgan fingerprint density at radius 3 is 2.56 bits per heavy atom. The molecule has 1 saturated carbocycles. The first kappa shape index (κ1) is 15.7. The summed E-state index contributed by atoms with van der Waals surface area (Å²) >= 11 is 0. The van der Waals surface area contributed by atoms with Crippen molar-refractivity contribution in [1.82, 2.24) is 10.6 Å². The molecule has 1 heterocycles. The zero-order valence-electron chi connectivity index (χ0n) is 11.0. The molecule has 2 fully saturated rings. The van der Waals surface area contributed by atoms with Gasteiger partial charge < -0.3 is 15.4 Å². The third-order valence-corrected chi connectivity index (χ3v) is 3.68. The monoisotopic (exact) mass is 276 g/mol. The van der Waals surface area contributed by atoms with Crippen LogP contribution in [0, 0.1) is 0 Å². The first-order valence-electron chi connectivity index (χ1n) is 6.99. The molecule has 0 aromatic carbocycles. The SMILES string of the molecule is Cl.O=C(NCCOC1CCCC1)[C@@H]1CCCCN1. The van der Waals surface area contributed by atoms with E-state index in [1.807, 2.05) is 0 Å². The van der Waals surface area contributed by atoms with E-state index in [-0.39, 0.29) is 24.4 Å². The molecular weight excluding hydrogens is 252 g/mol. The number of ether oxygens (including phenoxy) is 1. The van der Waals surface area contributed by atoms with Crippen molar-refractivity contribution >= 4 is 18.3 Å². The van der Waals surface area contributed by atoms with Gasteiger partial charge in [0, 0.05) is 6.54 Å². The maximum atomic E-state index is 11.8. The van der Waals surface area contributed by atoms with Gasteiger partial charge in [0.15, 0.2) is 0 Å². The molecule has 106 valence electrons. The highest BCUT2D eigenvalue weighted by Gasteiger charge is 2.20. The van der Waals surface area contributed by atoms with Gasteiger partial charge in [-0.1, -0.05) is 19.3 Å². The van der Waals surface area contributed by atoms with Crippen molar-refractivity contribution < 1.29 is 9.53 Å². The molecule has 1 aliphatic carbocycles. The van der Waals surface area contributed by atoms with Crippen LogP contribution in [0.15, 0.2) is 0 Å². The summed E-state index contributed by atoms with van der Waals surface area (Å²) in [5, 5.41) is 6.20. The lowest BCUT2D eigenvalue weighted by Gasteiger charge is -2.22. The topological polar surface area (TPSA) is 50.4 Å². The number of hydrogen-bond donors (Lipinski definition) is 2. The van der Waals surface area contributed by atoms with Crippen LogP contribution in [-0.2, 0) is 9.53 Å². The highest BCUT2D eigenvalue weighted by Crippen LogP contribution is 2.20. The molecule has 0 aromatic heterocycles. The molecular formula is C13H25ClN2O2. The van der Waals surface area contributed by atoms with Gasteiger partial charge in [-0.05, 0) is 32.2 Å². The Hall–Kier alpha value is -0.320. The van der Waals surface area contributed by atoms with Crippen LogP contribution in [0.4, 0.5) is 0 Å². The number of amides is 1. The van der Waals surface area contributed by atoms with Crippen LogP contribution < -0.4 is 10.6 Å². The second-order valence-corrected chi connectivity index (χ2v) is 5.07. The van der Waals surface area contributed by atoms with Gasteiger partial charge in [0.2, 0.25) is 5.91 Å². The fraction of sp³-hybridized carbons (Fsp3) is 0.923. The molecule has 0 aromatic rings. The predicted octanol–water partition coefficient (Wildman–Crippen LogP) is 1.63. The highest BCUT2D eigenvalue weighted by atomic mass is 35.5. The van der Waals surface area contributed by atoms with E-state index in [9.17, 15) is 4.79 Å². The molecule has 0 spiro atoms. The van der Waals surface area contributed by atoms with Crippen molar-refractivity contribution in [1.29, 1.82) is 0 Å². The van der Waals surface area contributed by atoms with E-state index in [0.717, 1.165) is 19.4 Å². The molecule has 1 aliphatic heterocycles. The fourth-order valence-electron chi connectivity index (χ4n) is 2.65. The molecule has 2 rings (SSSR count). The molecule has 1 saturated heterocycles. The van der Waals surface area contributed by atoms with Crippen molar-refractivity contribution in [2.24, 2.45) is 0 Å². The lowest BCUT2D eigenvalue weighted by Crippen LogP contribution is -2.47. The second kappa shape index (κ2) is 8.73. The number of hydrogen-bond acceptors (Lipinski definition) is 3. The standard InChI is InChI=1S/C13H24N2O2.ClH/c16-13(12-7-3-4-8-14-12)15-9-10-17-11-5-1-2-6-11;/h11-12,14H,1-10H2,(H,15,16);1H/t12-;/m0./s1. The Balaban J connectivity index is 0.00000162. The minimum atomic E-state index is 0. The average Bonchev–Trinajstić information content (AvgIpc) is 2.88. The van der Waals surface area contributed by atoms with Crippen LogP contribution >= 0.6 is 12.4 Å². The van der Waals surface area contributed by atoms with E-state index in [1.54, 1.807) is 0 Å². The quantitative estimate of drug-likeness (QED) is 0.751. The van der Waals surface area contributed by atoms with Gasteiger partial charge in [-0.15, -0.1) is 12.4 Å². The predicted molar refractivity (Wildman–Crippen MR) is 74.1 cm³/mol. The second-order valence-electron chi connectivity index (χ2n) is 5.07. The lowest BCUT2D eigenvalue weighted by atomic mass is 10.0. The summed E-state index contributed by atoms with van der Waals surface area (Å²) < 4.78 is 5.71. The van der Waals surface area contributed by atoms with Gasteiger partial charge in [-0.2, -0.15) is 0 Å². The lowest BCUT2D eigenvalue weighted by molar-refractivity contribution is -0.124. The van der Waals surface area contributed by atoms with E-state index in [2.05, 4.69) is 10.6 Å². The molecule has 5 heteroatoms. The molecule has 2 aliphatic rings. The zero-order chi connectivity index (χ0) is 11.9. The Labute approximate surface area is 116 Å². The van der Waals surface area contributed by atoms with Crippen LogP contribution in [0.25, 0.3) is 0 Å². The largest absolute Gasteiger partial charge is 0.376 e. The Morgan fingerprint density at radius 2 is 1.89 bits per heavy atom. The van der Waals surface area contributed by atoms with Crippen molar-refractivity contribution in [2.75, 3.05) is 19.7 Å². The molecule has 1 amide bonds. The molecule has 2 N–H and O–H groups in total. The van der Waals surface area contributed by atoms with Crippen molar-refractivity contribution in [3.05, 3.63) is 0 Å². The average molecular weight is 277 g/mol. The Kier molecular flexibility index (Phi) is 7.63. The first-order valence-corrected chi connectivity index (χ1v) is 6.99. The van der Waals surface area contributed by atoms with Gasteiger partial charge in [-0.3, -0.25) is 4.79 Å². The van der Waals surface area contributed by atoms with Crippen molar-refractivity contribution in [3.8, 4) is 0 Å². The zero-order valence-corrected chi connectivity index (χ0v) is 11.8. The van der Waals surface area contributed by atoms with E-state index in [4.69, 9.17) is 4.74 Å². The molecule has 0 bridgehead atoms. The van der Waals surface area contributed by atoms with Gasteiger partial charge in [-0.25, -0.2) is 0 Å². The number of carbonyl (C=O) groups excluding carboxylic acids is 1. The third kappa shape index (κ3) is 5.12. The molecule has 18 heavy (non-hydrogen) atoms. The van der Waals surface area contributed by atoms with Gasteiger partial charge in [0.05, 0.1) is 18.8 Å². The minimum Gasteiger partial charge on any atom is -0.376 e. The first-order chi connectivity index (χ1) is 8.36. The van der Waals surface area contributed by atoms with Crippen LogP contribution in [0.2, 0.25) is 0 Å². The smallest absolute Gasteiger partial charge is 0.237 e. The van der Waals surface area contributed by atoms with Crippen LogP contribution in [-0.4, -0.2) is 37.7 Å². The number of carbonyl (C=O) groups is 1. The van der Waals surface area contributed by atoms with Gasteiger partial charge in [0.1, 0.15) is 0 Å². The van der Waals surface area contributed by atoms with Gasteiger partial charge >= 0.3 is 0 Å². The number of nitrogens with one attached hydrogen (secondary N) is 2. The van der Waals surface area contributed by atoms with E-state index < -0.39 is 0 Å². The molecule has 1 atom stereocenters. The summed E-state index contributed by atoms with van der Waals surface area (Å²) in [5.74, 6) is 0.139. The van der Waals surface area contributed by atoms with Crippen LogP contribution in [0.5, 0.6) is 0 Å². The molecule has 4 nitrogen and oxygen atoms in total. The summed E-state index contributed by atoms with van der Waals surface area (Å²) in [5.41, 5.74) is 0. The van der Waals surface area contributed by atoms with E-state index in [1.165, 1.54) is 32.1 Å². The summed E-state index contributed by atoms with van der Waals surface area (Å²) in [7, 11) is 0. The summed E-state index contributed by atoms with van der Waals surface area (Å²) in [6.07, 6.45) is 8.73. The van der Waals surface area contributed by atoms with Crippen molar-refractivity contribution in [2.45, 2.75) is 57.1 Å². The Bertz CT molecular complexity index is 239. The number of rotatable bonds is 5. The van der Waals surface area contributed by atoms with Crippen molar-refractivity contribution in [3.63, 3.8) is 0 Å². The third-order valence-electron chi connectivity index (χ3n) is 3.68. The highest BCUT2D eigenvalue weighted by molar-refractivity contribution is 5.85. The van der Waals surface area contributed by atoms with E-state index >= 15 is 0 Å². The normalized spacial score (nSPS) is 24.6. The molecule has 0 radical (unpaired) electrons. The summed E-state index contributed by atoms with van der Waals surface area (Å²) in [4.78, 5) is 11.8. The molecule has 0 unspecified atom stereocenters. The fourth-order valence-corrected chi connectivity index (χ4v) is 2.65. The van der Waals surface area contributed by atoms with Gasteiger partial charge in [0.25, 0.3) is 0 Å². The maximum absolute atomic E-state index is 11.8. The van der Waals surface area contributed by atoms with E-state index in [0.29, 0.717) is 19.3 Å². The minimum absolute atomic E-state index is 0. The van der Waals surface area contributed by atoms with Crippen LogP contribution in [0.1, 0.15) is 44.9 Å². The van der Waals surface area contributed by atoms with Crippen LogP contribution in [0.3, 0.4) is 0 Å². The number of halogens is 1. The summed E-state index contributed by atoms with van der Waals surface area (Å²) in [6, 6.07) is 0.0234. The number of piperidine rings is 1. The summed E-state index contributed by atoms with van der Waals surface area (Å²) in [6.45, 7) is 2.27. The maximum Gasteiger partial charge on any atom is 0.237 e. The Morgan fingerprint density at radius 1 is 1.17 bits per heavy atom.